The number of amides is 1. The van der Waals surface area contributed by atoms with Crippen molar-refractivity contribution in [1.29, 1.82) is 0 Å². The Balaban J connectivity index is 1.89. The topological polar surface area (TPSA) is 32.3 Å². The summed E-state index contributed by atoms with van der Waals surface area (Å²) >= 11 is 0. The average Bonchev–Trinajstić information content (AvgIpc) is 2.46. The molecule has 1 amide bonds. The van der Waals surface area contributed by atoms with Gasteiger partial charge in [0.25, 0.3) is 0 Å². The van der Waals surface area contributed by atoms with Gasteiger partial charge in [-0.15, -0.1) is 0 Å². The van der Waals surface area contributed by atoms with Crippen LogP contribution < -0.4 is 5.32 Å². The van der Waals surface area contributed by atoms with Crippen molar-refractivity contribution in [3.63, 3.8) is 0 Å². The quantitative estimate of drug-likeness (QED) is 0.916. The van der Waals surface area contributed by atoms with Gasteiger partial charge in [-0.2, -0.15) is 0 Å². The van der Waals surface area contributed by atoms with Crippen LogP contribution in [0.25, 0.3) is 0 Å². The van der Waals surface area contributed by atoms with Gasteiger partial charge in [-0.3, -0.25) is 4.79 Å². The Kier molecular flexibility index (Phi) is 5.12. The fourth-order valence-electron chi connectivity index (χ4n) is 2.65. The molecular weight excluding hydrogens is 255 g/mol. The molecule has 0 spiro atoms. The van der Waals surface area contributed by atoms with Crippen LogP contribution in [0.1, 0.15) is 25.8 Å². The zero-order valence-corrected chi connectivity index (χ0v) is 12.2. The van der Waals surface area contributed by atoms with Crippen molar-refractivity contribution in [2.45, 2.75) is 32.7 Å². The lowest BCUT2D eigenvalue weighted by molar-refractivity contribution is -0.138. The van der Waals surface area contributed by atoms with Crippen molar-refractivity contribution in [1.82, 2.24) is 10.2 Å². The molecule has 0 aromatic heterocycles. The molecule has 1 aromatic carbocycles. The molecule has 1 aliphatic heterocycles. The summed E-state index contributed by atoms with van der Waals surface area (Å²) in [6.07, 6.45) is 1.30. The molecule has 2 rings (SSSR count). The Labute approximate surface area is 120 Å². The van der Waals surface area contributed by atoms with Crippen LogP contribution in [0.3, 0.4) is 0 Å². The second-order valence-electron chi connectivity index (χ2n) is 5.62. The molecule has 0 unspecified atom stereocenters. The van der Waals surface area contributed by atoms with Crippen LogP contribution >= 0.6 is 0 Å². The minimum atomic E-state index is -0.178. The van der Waals surface area contributed by atoms with Crippen molar-refractivity contribution in [2.24, 2.45) is 5.92 Å². The largest absolute Gasteiger partial charge is 0.337 e. The van der Waals surface area contributed by atoms with Gasteiger partial charge in [-0.05, 0) is 31.4 Å². The zero-order valence-electron chi connectivity index (χ0n) is 12.2. The van der Waals surface area contributed by atoms with Crippen molar-refractivity contribution in [2.75, 3.05) is 19.6 Å². The van der Waals surface area contributed by atoms with Gasteiger partial charge < -0.3 is 10.2 Å². The van der Waals surface area contributed by atoms with E-state index >= 15 is 0 Å². The maximum Gasteiger partial charge on any atom is 0.225 e. The fraction of sp³-hybridized carbons (Fsp3) is 0.562. The Hall–Kier alpha value is -1.42. The van der Waals surface area contributed by atoms with Crippen LogP contribution in [0.4, 0.5) is 4.39 Å². The number of hydrogen-bond acceptors (Lipinski definition) is 2. The third-order valence-corrected chi connectivity index (χ3v) is 4.01. The summed E-state index contributed by atoms with van der Waals surface area (Å²) in [7, 11) is 0. The van der Waals surface area contributed by atoms with E-state index in [4.69, 9.17) is 0 Å². The average molecular weight is 278 g/mol. The van der Waals surface area contributed by atoms with Crippen LogP contribution in [0.5, 0.6) is 0 Å². The standard InChI is InChI=1S/C16H23FN2O/c1-12(7-8-14-5-3-4-6-15(14)17)16(20)19-10-9-18-11-13(19)2/h3-6,12-13,18H,7-11H2,1-2H3/t12-,13-/m1/s1. The summed E-state index contributed by atoms with van der Waals surface area (Å²) in [5.74, 6) is -0.0480. The molecule has 1 N–H and O–H groups in total. The van der Waals surface area contributed by atoms with Crippen molar-refractivity contribution in [3.8, 4) is 0 Å². The number of hydrogen-bond donors (Lipinski definition) is 1. The summed E-state index contributed by atoms with van der Waals surface area (Å²) in [5.41, 5.74) is 0.695. The van der Waals surface area contributed by atoms with E-state index in [0.29, 0.717) is 18.4 Å². The fourth-order valence-corrected chi connectivity index (χ4v) is 2.65. The Morgan fingerprint density at radius 1 is 1.50 bits per heavy atom. The molecule has 3 nitrogen and oxygen atoms in total. The van der Waals surface area contributed by atoms with Crippen LogP contribution in [0, 0.1) is 11.7 Å². The van der Waals surface area contributed by atoms with E-state index in [-0.39, 0.29) is 23.7 Å². The van der Waals surface area contributed by atoms with Crippen molar-refractivity contribution < 1.29 is 9.18 Å². The minimum absolute atomic E-state index is 0.0600. The van der Waals surface area contributed by atoms with Crippen LogP contribution in [-0.2, 0) is 11.2 Å². The van der Waals surface area contributed by atoms with Gasteiger partial charge in [0, 0.05) is 31.6 Å². The number of benzene rings is 1. The maximum absolute atomic E-state index is 13.6. The molecule has 0 radical (unpaired) electrons. The monoisotopic (exact) mass is 278 g/mol. The minimum Gasteiger partial charge on any atom is -0.337 e. The highest BCUT2D eigenvalue weighted by atomic mass is 19.1. The summed E-state index contributed by atoms with van der Waals surface area (Å²) in [6, 6.07) is 7.03. The highest BCUT2D eigenvalue weighted by molar-refractivity contribution is 5.79. The molecule has 110 valence electrons. The predicted molar refractivity (Wildman–Crippen MR) is 77.9 cm³/mol. The smallest absolute Gasteiger partial charge is 0.225 e. The van der Waals surface area contributed by atoms with Gasteiger partial charge in [0.2, 0.25) is 5.91 Å². The molecular formula is C16H23FN2O. The highest BCUT2D eigenvalue weighted by Crippen LogP contribution is 2.16. The van der Waals surface area contributed by atoms with E-state index < -0.39 is 0 Å². The van der Waals surface area contributed by atoms with Gasteiger partial charge in [-0.25, -0.2) is 4.39 Å². The Bertz CT molecular complexity index is 464. The van der Waals surface area contributed by atoms with Gasteiger partial charge >= 0.3 is 0 Å². The lowest BCUT2D eigenvalue weighted by atomic mass is 9.98. The number of nitrogens with one attached hydrogen (secondary N) is 1. The molecule has 0 bridgehead atoms. The van der Waals surface area contributed by atoms with Crippen molar-refractivity contribution in [3.05, 3.63) is 35.6 Å². The lowest BCUT2D eigenvalue weighted by Crippen LogP contribution is -2.53. The Morgan fingerprint density at radius 3 is 2.95 bits per heavy atom. The second kappa shape index (κ2) is 6.84. The molecule has 1 heterocycles. The maximum atomic E-state index is 13.6. The Morgan fingerprint density at radius 2 is 2.25 bits per heavy atom. The molecule has 0 aliphatic carbocycles. The number of aryl methyl sites for hydroxylation is 1. The van der Waals surface area contributed by atoms with Gasteiger partial charge in [0.05, 0.1) is 0 Å². The van der Waals surface area contributed by atoms with Crippen molar-refractivity contribution >= 4 is 5.91 Å². The number of piperazine rings is 1. The molecule has 0 saturated carbocycles. The van der Waals surface area contributed by atoms with Gasteiger partial charge in [-0.1, -0.05) is 25.1 Å². The molecule has 4 heteroatoms. The summed E-state index contributed by atoms with van der Waals surface area (Å²) < 4.78 is 13.6. The van der Waals surface area contributed by atoms with E-state index in [9.17, 15) is 9.18 Å². The van der Waals surface area contributed by atoms with E-state index in [2.05, 4.69) is 12.2 Å². The number of halogens is 1. The highest BCUT2D eigenvalue weighted by Gasteiger charge is 2.26. The first-order valence-electron chi connectivity index (χ1n) is 7.34. The van der Waals surface area contributed by atoms with Crippen LogP contribution in [0.2, 0.25) is 0 Å². The first kappa shape index (κ1) is 15.0. The summed E-state index contributed by atoms with van der Waals surface area (Å²) in [4.78, 5) is 14.4. The number of carbonyl (C=O) groups excluding carboxylic acids is 1. The van der Waals surface area contributed by atoms with Crippen LogP contribution in [0.15, 0.2) is 24.3 Å². The SMILES string of the molecule is C[C@H](CCc1ccccc1F)C(=O)N1CCNC[C@H]1C. The molecule has 2 atom stereocenters. The molecule has 1 aromatic rings. The molecule has 20 heavy (non-hydrogen) atoms. The third kappa shape index (κ3) is 3.57. The van der Waals surface area contributed by atoms with E-state index in [0.717, 1.165) is 19.6 Å². The zero-order chi connectivity index (χ0) is 14.5. The molecule has 1 aliphatic rings. The summed E-state index contributed by atoms with van der Waals surface area (Å²) in [6.45, 7) is 6.48. The number of carbonyl (C=O) groups is 1. The molecule has 1 fully saturated rings. The van der Waals surface area contributed by atoms with E-state index in [1.165, 1.54) is 6.07 Å². The van der Waals surface area contributed by atoms with E-state index in [1.54, 1.807) is 12.1 Å². The van der Waals surface area contributed by atoms with E-state index in [1.807, 2.05) is 17.9 Å². The van der Waals surface area contributed by atoms with Gasteiger partial charge in [0.1, 0.15) is 5.82 Å². The second-order valence-corrected chi connectivity index (χ2v) is 5.62. The summed E-state index contributed by atoms with van der Waals surface area (Å²) in [5, 5.41) is 3.28. The number of nitrogens with zero attached hydrogens (tertiary/aromatic N) is 1. The molecule has 1 saturated heterocycles. The third-order valence-electron chi connectivity index (χ3n) is 4.01. The lowest BCUT2D eigenvalue weighted by Gasteiger charge is -2.35. The number of rotatable bonds is 4. The van der Waals surface area contributed by atoms with Gasteiger partial charge in [0.15, 0.2) is 0 Å². The first-order valence-corrected chi connectivity index (χ1v) is 7.34. The van der Waals surface area contributed by atoms with Crippen LogP contribution in [-0.4, -0.2) is 36.5 Å². The predicted octanol–water partition coefficient (Wildman–Crippen LogP) is 2.21. The normalized spacial score (nSPS) is 20.8. The first-order chi connectivity index (χ1) is 9.59.